The van der Waals surface area contributed by atoms with Crippen LogP contribution in [-0.2, 0) is 33.7 Å². The van der Waals surface area contributed by atoms with E-state index in [9.17, 15) is 33.3 Å². The van der Waals surface area contributed by atoms with Gasteiger partial charge in [-0.3, -0.25) is 14.7 Å². The van der Waals surface area contributed by atoms with Gasteiger partial charge in [-0.2, -0.15) is 29.7 Å². The second kappa shape index (κ2) is 21.9. The van der Waals surface area contributed by atoms with Gasteiger partial charge < -0.3 is 19.8 Å². The quantitative estimate of drug-likeness (QED) is 0.00505. The topological polar surface area (TPSA) is 346 Å². The Bertz CT molecular complexity index is 2990. The van der Waals surface area contributed by atoms with Crippen LogP contribution in [0.3, 0.4) is 0 Å². The van der Waals surface area contributed by atoms with Crippen LogP contribution in [0.4, 0.5) is 45.5 Å². The monoisotopic (exact) mass is 947 g/mol. The molecule has 0 radical (unpaired) electrons. The zero-order chi connectivity index (χ0) is 46.5. The van der Waals surface area contributed by atoms with E-state index in [1.54, 1.807) is 36.4 Å². The Morgan fingerprint density at radius 1 is 0.708 bits per heavy atom. The van der Waals surface area contributed by atoms with Crippen LogP contribution in [-0.4, -0.2) is 52.1 Å². The molecule has 0 atom stereocenters. The van der Waals surface area contributed by atoms with Gasteiger partial charge in [0, 0.05) is 28.5 Å². The highest BCUT2D eigenvalue weighted by atomic mass is 32.2. The number of nitrogens with zero attached hydrogens (tertiary/aromatic N) is 8. The van der Waals surface area contributed by atoms with Gasteiger partial charge in [0.05, 0.1) is 63.8 Å². The molecule has 0 saturated heterocycles. The lowest BCUT2D eigenvalue weighted by Crippen LogP contribution is -2.02. The standard InChI is InChI=1S/C38H29N9O15S3/c1-57-33-19-31(44-43-26-6-4-21(34(16-26)63-61-59-52)2-3-22-5-10-27(47(50)51)17-36(22)65(54,55)56)30(40-20-58-39)18-32(33)45-46-37-35(64-62-60-53)15-23-14-25(9-13-29(23)38(37)49)42-41-24-7-11-28(48)12-8-24/h2-20,48-49,52-53H,39H2,1H3,(H,54,55,56)/b3-2+,40-20?,42-41?,44-43?,46-45?. The molecule has 0 aliphatic carbocycles. The molecular weight excluding hydrogens is 919 g/mol. The summed E-state index contributed by atoms with van der Waals surface area (Å²) in [5, 5.41) is 83.6. The number of ether oxygens (including phenoxy) is 1. The minimum Gasteiger partial charge on any atom is -0.508 e. The maximum atomic E-state index is 12.0. The molecule has 0 aliphatic rings. The summed E-state index contributed by atoms with van der Waals surface area (Å²) in [6.45, 7) is 0. The number of methoxy groups -OCH3 is 1. The summed E-state index contributed by atoms with van der Waals surface area (Å²) < 4.78 is 48.5. The third kappa shape index (κ3) is 12.3. The van der Waals surface area contributed by atoms with Crippen molar-refractivity contribution in [3.8, 4) is 17.2 Å². The average Bonchev–Trinajstić information content (AvgIpc) is 3.30. The van der Waals surface area contributed by atoms with Crippen LogP contribution in [0.2, 0.25) is 0 Å². The van der Waals surface area contributed by atoms with Crippen molar-refractivity contribution in [1.29, 1.82) is 0 Å². The van der Waals surface area contributed by atoms with Crippen molar-refractivity contribution in [3.05, 3.63) is 118 Å². The molecule has 0 unspecified atom stereocenters. The zero-order valence-electron chi connectivity index (χ0n) is 32.7. The van der Waals surface area contributed by atoms with Crippen LogP contribution in [0.5, 0.6) is 17.2 Å². The predicted molar refractivity (Wildman–Crippen MR) is 232 cm³/mol. The average molecular weight is 948 g/mol. The van der Waals surface area contributed by atoms with Gasteiger partial charge in [-0.25, -0.2) is 15.5 Å². The second-order valence-electron chi connectivity index (χ2n) is 12.4. The van der Waals surface area contributed by atoms with Crippen molar-refractivity contribution < 1.29 is 66.9 Å². The third-order valence-electron chi connectivity index (χ3n) is 8.46. The van der Waals surface area contributed by atoms with E-state index in [4.69, 9.17) is 21.1 Å². The van der Waals surface area contributed by atoms with E-state index in [1.807, 2.05) is 0 Å². The first-order chi connectivity index (χ1) is 31.3. The van der Waals surface area contributed by atoms with Crippen molar-refractivity contribution in [2.75, 3.05) is 7.11 Å². The zero-order valence-corrected chi connectivity index (χ0v) is 35.1. The maximum absolute atomic E-state index is 12.0. The highest BCUT2D eigenvalue weighted by Gasteiger charge is 2.20. The first-order valence-corrected chi connectivity index (χ1v) is 20.6. The van der Waals surface area contributed by atoms with Crippen LogP contribution < -0.4 is 10.6 Å². The number of phenols is 2. The number of hydrogen-bond acceptors (Lipinski definition) is 24. The van der Waals surface area contributed by atoms with Crippen molar-refractivity contribution in [2.45, 2.75) is 14.7 Å². The van der Waals surface area contributed by atoms with E-state index in [-0.39, 0.29) is 61.0 Å². The lowest BCUT2D eigenvalue weighted by atomic mass is 10.1. The number of benzene rings is 6. The molecule has 0 aromatic heterocycles. The molecule has 6 rings (SSSR count). The van der Waals surface area contributed by atoms with Crippen LogP contribution >= 0.6 is 24.1 Å². The highest BCUT2D eigenvalue weighted by Crippen LogP contribution is 2.47. The molecule has 0 saturated carbocycles. The summed E-state index contributed by atoms with van der Waals surface area (Å²) in [5.74, 6) is 5.04. The summed E-state index contributed by atoms with van der Waals surface area (Å²) in [6.07, 6.45) is 3.57. The van der Waals surface area contributed by atoms with E-state index in [1.165, 1.54) is 61.7 Å². The normalized spacial score (nSPS) is 12.2. The molecule has 6 aromatic rings. The Morgan fingerprint density at radius 3 is 2.03 bits per heavy atom. The van der Waals surface area contributed by atoms with E-state index < -0.39 is 25.6 Å². The summed E-state index contributed by atoms with van der Waals surface area (Å²) in [6, 6.07) is 22.6. The fraction of sp³-hybridized carbons (Fsp3) is 0.0263. The minimum absolute atomic E-state index is 0.0662. The van der Waals surface area contributed by atoms with Crippen molar-refractivity contribution in [3.63, 3.8) is 0 Å². The molecule has 24 nitrogen and oxygen atoms in total. The van der Waals surface area contributed by atoms with Crippen molar-refractivity contribution in [2.24, 2.45) is 41.6 Å². The van der Waals surface area contributed by atoms with E-state index in [0.29, 0.717) is 57.9 Å². The molecule has 7 N–H and O–H groups in total. The first-order valence-electron chi connectivity index (χ1n) is 17.6. The first kappa shape index (κ1) is 47.2. The van der Waals surface area contributed by atoms with Crippen LogP contribution in [0.25, 0.3) is 22.9 Å². The summed E-state index contributed by atoms with van der Waals surface area (Å²) in [5.41, 5.74) is 0.952. The number of aromatic hydroxyl groups is 2. The molecule has 6 aromatic carbocycles. The smallest absolute Gasteiger partial charge is 0.295 e. The summed E-state index contributed by atoms with van der Waals surface area (Å²) in [7, 11) is -3.52. The van der Waals surface area contributed by atoms with E-state index in [2.05, 4.69) is 59.3 Å². The maximum Gasteiger partial charge on any atom is 0.295 e. The number of nitrogens with two attached hydrogens (primary N) is 1. The Labute approximate surface area is 373 Å². The molecular formula is C38H29N9O15S3. The van der Waals surface area contributed by atoms with Gasteiger partial charge in [-0.1, -0.05) is 28.3 Å². The van der Waals surface area contributed by atoms with Gasteiger partial charge in [0.2, 0.25) is 6.40 Å². The Kier molecular flexibility index (Phi) is 15.9. The van der Waals surface area contributed by atoms with Gasteiger partial charge in [0.25, 0.3) is 15.8 Å². The number of hydrogen-bond donors (Lipinski definition) is 6. The second-order valence-corrected chi connectivity index (χ2v) is 15.3. The Hall–Kier alpha value is -7.28. The fourth-order valence-electron chi connectivity index (χ4n) is 5.55. The number of phenolic OH excluding ortho intramolecular Hbond substituents is 2. The van der Waals surface area contributed by atoms with Crippen LogP contribution in [0.1, 0.15) is 11.1 Å². The van der Waals surface area contributed by atoms with Gasteiger partial charge >= 0.3 is 0 Å². The molecule has 0 fully saturated rings. The highest BCUT2D eigenvalue weighted by molar-refractivity contribution is 7.95. The lowest BCUT2D eigenvalue weighted by molar-refractivity contribution is -0.432. The largest absolute Gasteiger partial charge is 0.508 e. The number of nitro groups is 1. The molecule has 0 aliphatic heterocycles. The summed E-state index contributed by atoms with van der Waals surface area (Å²) in [4.78, 5) is 18.7. The molecule has 0 heterocycles. The van der Waals surface area contributed by atoms with E-state index >= 15 is 0 Å². The Balaban J connectivity index is 1.32. The molecule has 334 valence electrons. The fourth-order valence-corrected chi connectivity index (χ4v) is 7.25. The SMILES string of the molecule is COc1cc(N=Nc2ccc(/C=C/c3ccc([N+](=O)[O-])cc3S(=O)(=O)O)c(SOOO)c2)c(N=CON)cc1N=Nc1c(SOOO)cc2cc(N=Nc3ccc(O)cc3)ccc2c1O. The predicted octanol–water partition coefficient (Wildman–Crippen LogP) is 11.2. The number of nitro benzene ring substituents is 1. The van der Waals surface area contributed by atoms with Crippen molar-refractivity contribution in [1.82, 2.24) is 0 Å². The van der Waals surface area contributed by atoms with E-state index in [0.717, 1.165) is 18.5 Å². The number of aliphatic imine (C=N–C) groups is 1. The van der Waals surface area contributed by atoms with Gasteiger partial charge in [-0.05, 0) is 89.3 Å². The van der Waals surface area contributed by atoms with Gasteiger partial charge in [-0.15, -0.1) is 24.0 Å². The molecule has 27 heteroatoms. The molecule has 0 amide bonds. The molecule has 0 bridgehead atoms. The van der Waals surface area contributed by atoms with Gasteiger partial charge in [0.15, 0.2) is 5.75 Å². The van der Waals surface area contributed by atoms with Crippen LogP contribution in [0, 0.1) is 10.1 Å². The number of azo groups is 3. The summed E-state index contributed by atoms with van der Waals surface area (Å²) >= 11 is 1.04. The Morgan fingerprint density at radius 2 is 1.34 bits per heavy atom. The minimum atomic E-state index is -4.86. The third-order valence-corrected chi connectivity index (χ3v) is 10.6. The number of fused-ring (bicyclic) bond motifs is 1. The van der Waals surface area contributed by atoms with Gasteiger partial charge in [0.1, 0.15) is 33.5 Å². The number of non-ortho nitro benzene ring substituents is 1. The van der Waals surface area contributed by atoms with Crippen molar-refractivity contribution >= 4 is 109 Å². The molecule has 65 heavy (non-hydrogen) atoms. The molecule has 0 spiro atoms. The lowest BCUT2D eigenvalue weighted by Gasteiger charge is -2.10. The number of rotatable bonds is 19. The van der Waals surface area contributed by atoms with Crippen LogP contribution in [0.15, 0.2) is 147 Å².